The highest BCUT2D eigenvalue weighted by Crippen LogP contribution is 2.23. The van der Waals surface area contributed by atoms with Gasteiger partial charge in [-0.05, 0) is 37.0 Å². The number of aldehydes is 1. The van der Waals surface area contributed by atoms with E-state index in [9.17, 15) is 9.90 Å². The summed E-state index contributed by atoms with van der Waals surface area (Å²) in [6, 6.07) is 3.60. The number of phenolic OH excluding ortho intramolecular Hbond substituents is 1. The van der Waals surface area contributed by atoms with Crippen LogP contribution in [0.15, 0.2) is 12.1 Å². The summed E-state index contributed by atoms with van der Waals surface area (Å²) >= 11 is 0. The maximum atomic E-state index is 10.8. The lowest BCUT2D eigenvalue weighted by Gasteiger charge is -2.07. The SMILES string of the molecule is CCCCc1cc(C)cc(O)c1C=O. The largest absolute Gasteiger partial charge is 0.507 e. The second-order valence-corrected chi connectivity index (χ2v) is 3.58. The van der Waals surface area contributed by atoms with Gasteiger partial charge in [-0.15, -0.1) is 0 Å². The van der Waals surface area contributed by atoms with Gasteiger partial charge in [0.1, 0.15) is 5.75 Å². The van der Waals surface area contributed by atoms with Gasteiger partial charge in [-0.1, -0.05) is 19.4 Å². The Kier molecular flexibility index (Phi) is 3.69. The fraction of sp³-hybridized carbons (Fsp3) is 0.417. The van der Waals surface area contributed by atoms with E-state index in [2.05, 4.69) is 6.92 Å². The molecule has 0 aliphatic rings. The highest BCUT2D eigenvalue weighted by molar-refractivity contribution is 5.81. The minimum absolute atomic E-state index is 0.103. The van der Waals surface area contributed by atoms with E-state index in [0.717, 1.165) is 36.7 Å². The fourth-order valence-corrected chi connectivity index (χ4v) is 1.56. The Labute approximate surface area is 84.6 Å². The molecule has 1 N–H and O–H groups in total. The van der Waals surface area contributed by atoms with Gasteiger partial charge < -0.3 is 5.11 Å². The molecule has 2 nitrogen and oxygen atoms in total. The van der Waals surface area contributed by atoms with Gasteiger partial charge in [-0.25, -0.2) is 0 Å². The van der Waals surface area contributed by atoms with Crippen molar-refractivity contribution in [1.29, 1.82) is 0 Å². The van der Waals surface area contributed by atoms with Crippen LogP contribution in [0.1, 0.15) is 41.3 Å². The molecule has 1 aromatic rings. The van der Waals surface area contributed by atoms with Crippen LogP contribution in [0.3, 0.4) is 0 Å². The first-order valence-corrected chi connectivity index (χ1v) is 4.96. The first-order chi connectivity index (χ1) is 6.69. The van der Waals surface area contributed by atoms with Crippen molar-refractivity contribution in [3.05, 3.63) is 28.8 Å². The monoisotopic (exact) mass is 192 g/mol. The van der Waals surface area contributed by atoms with Crippen molar-refractivity contribution in [1.82, 2.24) is 0 Å². The van der Waals surface area contributed by atoms with E-state index in [0.29, 0.717) is 5.56 Å². The molecule has 0 fully saturated rings. The Balaban J connectivity index is 3.05. The molecule has 0 atom stereocenters. The Morgan fingerprint density at radius 1 is 1.43 bits per heavy atom. The van der Waals surface area contributed by atoms with Crippen LogP contribution in [0.5, 0.6) is 5.75 Å². The summed E-state index contributed by atoms with van der Waals surface area (Å²) in [6.07, 6.45) is 3.73. The summed E-state index contributed by atoms with van der Waals surface area (Å²) in [5, 5.41) is 9.54. The van der Waals surface area contributed by atoms with E-state index >= 15 is 0 Å². The number of carbonyl (C=O) groups is 1. The third-order valence-corrected chi connectivity index (χ3v) is 2.31. The Hall–Kier alpha value is -1.31. The highest BCUT2D eigenvalue weighted by Gasteiger charge is 2.07. The Morgan fingerprint density at radius 3 is 2.71 bits per heavy atom. The average molecular weight is 192 g/mol. The van der Waals surface area contributed by atoms with Crippen molar-refractivity contribution in [3.8, 4) is 5.75 Å². The second-order valence-electron chi connectivity index (χ2n) is 3.58. The van der Waals surface area contributed by atoms with E-state index in [1.54, 1.807) is 6.07 Å². The minimum atomic E-state index is 0.103. The molecule has 14 heavy (non-hydrogen) atoms. The molecule has 0 radical (unpaired) electrons. The predicted octanol–water partition coefficient (Wildman–Crippen LogP) is 2.86. The summed E-state index contributed by atoms with van der Waals surface area (Å²) in [5.74, 6) is 0.103. The van der Waals surface area contributed by atoms with Crippen LogP contribution in [-0.4, -0.2) is 11.4 Å². The first kappa shape index (κ1) is 10.8. The maximum absolute atomic E-state index is 10.8. The number of phenols is 1. The van der Waals surface area contributed by atoms with Gasteiger partial charge >= 0.3 is 0 Å². The van der Waals surface area contributed by atoms with Crippen molar-refractivity contribution in [2.75, 3.05) is 0 Å². The van der Waals surface area contributed by atoms with Crippen LogP contribution in [0.25, 0.3) is 0 Å². The summed E-state index contributed by atoms with van der Waals surface area (Å²) in [6.45, 7) is 4.03. The van der Waals surface area contributed by atoms with Crippen molar-refractivity contribution in [2.45, 2.75) is 33.1 Å². The molecule has 0 aromatic heterocycles. The summed E-state index contributed by atoms with van der Waals surface area (Å²) in [7, 11) is 0. The van der Waals surface area contributed by atoms with Crippen LogP contribution < -0.4 is 0 Å². The van der Waals surface area contributed by atoms with E-state index in [1.807, 2.05) is 13.0 Å². The van der Waals surface area contributed by atoms with E-state index in [1.165, 1.54) is 0 Å². The number of rotatable bonds is 4. The number of aryl methyl sites for hydroxylation is 2. The molecule has 0 heterocycles. The topological polar surface area (TPSA) is 37.3 Å². The van der Waals surface area contributed by atoms with E-state index < -0.39 is 0 Å². The molecule has 76 valence electrons. The molecular formula is C12H16O2. The number of hydrogen-bond donors (Lipinski definition) is 1. The lowest BCUT2D eigenvalue weighted by molar-refractivity contribution is 0.112. The van der Waals surface area contributed by atoms with E-state index in [-0.39, 0.29) is 5.75 Å². The maximum Gasteiger partial charge on any atom is 0.154 e. The molecule has 0 amide bonds. The molecule has 0 aliphatic heterocycles. The Morgan fingerprint density at radius 2 is 2.14 bits per heavy atom. The number of hydrogen-bond acceptors (Lipinski definition) is 2. The average Bonchev–Trinajstić information content (AvgIpc) is 2.14. The summed E-state index contributed by atoms with van der Waals surface area (Å²) < 4.78 is 0. The molecule has 1 aromatic carbocycles. The lowest BCUT2D eigenvalue weighted by atomic mass is 9.99. The number of benzene rings is 1. The van der Waals surface area contributed by atoms with Crippen LogP contribution in [0.4, 0.5) is 0 Å². The van der Waals surface area contributed by atoms with Crippen LogP contribution in [0.2, 0.25) is 0 Å². The number of carbonyl (C=O) groups excluding carboxylic acids is 1. The van der Waals surface area contributed by atoms with Crippen molar-refractivity contribution in [2.24, 2.45) is 0 Å². The number of aromatic hydroxyl groups is 1. The second kappa shape index (κ2) is 4.80. The molecule has 1 rings (SSSR count). The van der Waals surface area contributed by atoms with Gasteiger partial charge in [0, 0.05) is 0 Å². The predicted molar refractivity (Wildman–Crippen MR) is 56.8 cm³/mol. The molecule has 0 unspecified atom stereocenters. The normalized spacial score (nSPS) is 10.1. The molecule has 0 saturated heterocycles. The molecule has 0 bridgehead atoms. The van der Waals surface area contributed by atoms with Gasteiger partial charge in [0.05, 0.1) is 5.56 Å². The zero-order valence-electron chi connectivity index (χ0n) is 8.71. The molecule has 0 saturated carbocycles. The lowest BCUT2D eigenvalue weighted by Crippen LogP contribution is -1.94. The standard InChI is InChI=1S/C12H16O2/c1-3-4-5-10-6-9(2)7-12(14)11(10)8-13/h6-8,14H,3-5H2,1-2H3. The number of unbranched alkanes of at least 4 members (excludes halogenated alkanes) is 1. The third kappa shape index (κ3) is 2.34. The van der Waals surface area contributed by atoms with Crippen LogP contribution in [0, 0.1) is 6.92 Å². The Bertz CT molecular complexity index is 329. The van der Waals surface area contributed by atoms with E-state index in [4.69, 9.17) is 0 Å². The quantitative estimate of drug-likeness (QED) is 0.745. The molecule has 2 heteroatoms. The summed E-state index contributed by atoms with van der Waals surface area (Å²) in [4.78, 5) is 10.8. The fourth-order valence-electron chi connectivity index (χ4n) is 1.56. The van der Waals surface area contributed by atoms with Gasteiger partial charge in [-0.3, -0.25) is 4.79 Å². The highest BCUT2D eigenvalue weighted by atomic mass is 16.3. The molecule has 0 aliphatic carbocycles. The third-order valence-electron chi connectivity index (χ3n) is 2.31. The van der Waals surface area contributed by atoms with Crippen LogP contribution in [-0.2, 0) is 6.42 Å². The van der Waals surface area contributed by atoms with Crippen molar-refractivity contribution < 1.29 is 9.90 Å². The van der Waals surface area contributed by atoms with Gasteiger partial charge in [0.25, 0.3) is 0 Å². The molecular weight excluding hydrogens is 176 g/mol. The van der Waals surface area contributed by atoms with Crippen LogP contribution >= 0.6 is 0 Å². The zero-order valence-corrected chi connectivity index (χ0v) is 8.71. The zero-order chi connectivity index (χ0) is 10.6. The van der Waals surface area contributed by atoms with Gasteiger partial charge in [0.15, 0.2) is 6.29 Å². The molecule has 0 spiro atoms. The first-order valence-electron chi connectivity index (χ1n) is 4.96. The van der Waals surface area contributed by atoms with Crippen molar-refractivity contribution in [3.63, 3.8) is 0 Å². The smallest absolute Gasteiger partial charge is 0.154 e. The van der Waals surface area contributed by atoms with Gasteiger partial charge in [0.2, 0.25) is 0 Å². The van der Waals surface area contributed by atoms with Gasteiger partial charge in [-0.2, -0.15) is 0 Å². The summed E-state index contributed by atoms with van der Waals surface area (Å²) in [5.41, 5.74) is 2.41. The van der Waals surface area contributed by atoms with Crippen molar-refractivity contribution >= 4 is 6.29 Å². The minimum Gasteiger partial charge on any atom is -0.507 e.